The second-order valence-corrected chi connectivity index (χ2v) is 3.76. The molecule has 0 amide bonds. The van der Waals surface area contributed by atoms with Gasteiger partial charge < -0.3 is 4.42 Å². The molecule has 1 heterocycles. The number of hydrogen-bond acceptors (Lipinski definition) is 2. The van der Waals surface area contributed by atoms with Crippen LogP contribution in [0.1, 0.15) is 23.7 Å². The number of benzene rings is 1. The minimum absolute atomic E-state index is 0.155. The molecule has 1 atom stereocenters. The van der Waals surface area contributed by atoms with Crippen LogP contribution in [-0.2, 0) is 6.42 Å². The molecule has 0 N–H and O–H groups in total. The van der Waals surface area contributed by atoms with Gasteiger partial charge in [-0.2, -0.15) is 5.26 Å². The van der Waals surface area contributed by atoms with E-state index in [1.807, 2.05) is 30.3 Å². The maximum absolute atomic E-state index is 8.82. The number of rotatable bonds is 4. The molecule has 0 bridgehead atoms. The maximum atomic E-state index is 8.82. The van der Waals surface area contributed by atoms with Crippen LogP contribution in [0.25, 0.3) is 0 Å². The highest BCUT2D eigenvalue weighted by atomic mass is 16.3. The topological polar surface area (TPSA) is 36.9 Å². The van der Waals surface area contributed by atoms with Gasteiger partial charge in [0.1, 0.15) is 5.76 Å². The van der Waals surface area contributed by atoms with Crippen LogP contribution in [0.4, 0.5) is 0 Å². The lowest BCUT2D eigenvalue weighted by molar-refractivity contribution is 0.461. The van der Waals surface area contributed by atoms with Gasteiger partial charge in [-0.15, -0.1) is 0 Å². The third-order valence-corrected chi connectivity index (χ3v) is 2.61. The Bertz CT molecular complexity index is 453. The van der Waals surface area contributed by atoms with E-state index >= 15 is 0 Å². The smallest absolute Gasteiger partial charge is 0.108 e. The molecule has 0 radical (unpaired) electrons. The Labute approximate surface area is 95.1 Å². The molecule has 1 unspecified atom stereocenters. The zero-order valence-corrected chi connectivity index (χ0v) is 8.97. The van der Waals surface area contributed by atoms with Crippen LogP contribution in [0.2, 0.25) is 0 Å². The molecule has 1 aromatic heterocycles. The van der Waals surface area contributed by atoms with Crippen LogP contribution in [-0.4, -0.2) is 0 Å². The van der Waals surface area contributed by atoms with E-state index in [4.69, 9.17) is 9.68 Å². The lowest BCUT2D eigenvalue weighted by Crippen LogP contribution is -2.00. The predicted octanol–water partition coefficient (Wildman–Crippen LogP) is 3.52. The third kappa shape index (κ3) is 2.52. The summed E-state index contributed by atoms with van der Waals surface area (Å²) in [6, 6.07) is 16.2. The van der Waals surface area contributed by atoms with Crippen LogP contribution >= 0.6 is 0 Å². The van der Waals surface area contributed by atoms with Crippen molar-refractivity contribution >= 4 is 0 Å². The van der Waals surface area contributed by atoms with E-state index in [-0.39, 0.29) is 5.92 Å². The van der Waals surface area contributed by atoms with Crippen molar-refractivity contribution in [3.05, 3.63) is 60.1 Å². The van der Waals surface area contributed by atoms with Gasteiger partial charge in [-0.1, -0.05) is 30.3 Å². The first-order valence-corrected chi connectivity index (χ1v) is 5.34. The van der Waals surface area contributed by atoms with Crippen molar-refractivity contribution in [2.75, 3.05) is 0 Å². The summed E-state index contributed by atoms with van der Waals surface area (Å²) in [7, 11) is 0. The van der Waals surface area contributed by atoms with Crippen molar-refractivity contribution in [2.24, 2.45) is 0 Å². The number of nitrogens with zero attached hydrogens (tertiary/aromatic N) is 1. The largest absolute Gasteiger partial charge is 0.469 e. The minimum Gasteiger partial charge on any atom is -0.469 e. The van der Waals surface area contributed by atoms with Crippen LogP contribution in [0, 0.1) is 11.3 Å². The quantitative estimate of drug-likeness (QED) is 0.775. The first kappa shape index (κ1) is 10.5. The van der Waals surface area contributed by atoms with E-state index in [0.29, 0.717) is 6.42 Å². The van der Waals surface area contributed by atoms with Gasteiger partial charge in [0.15, 0.2) is 0 Å². The zero-order valence-electron chi connectivity index (χ0n) is 8.97. The molecule has 16 heavy (non-hydrogen) atoms. The Balaban J connectivity index is 2.13. The van der Waals surface area contributed by atoms with E-state index in [0.717, 1.165) is 12.2 Å². The molecule has 0 aliphatic rings. The van der Waals surface area contributed by atoms with Gasteiger partial charge in [0, 0.05) is 12.3 Å². The second kappa shape index (κ2) is 5.18. The van der Waals surface area contributed by atoms with E-state index in [1.165, 1.54) is 5.56 Å². The first-order valence-electron chi connectivity index (χ1n) is 5.34. The molecule has 2 rings (SSSR count). The Kier molecular flexibility index (Phi) is 3.40. The number of hydrogen-bond donors (Lipinski definition) is 0. The fraction of sp³-hybridized carbons (Fsp3) is 0.214. The molecule has 2 nitrogen and oxygen atoms in total. The maximum Gasteiger partial charge on any atom is 0.108 e. The van der Waals surface area contributed by atoms with Crippen molar-refractivity contribution in [3.8, 4) is 6.07 Å². The summed E-state index contributed by atoms with van der Waals surface area (Å²) in [5.74, 6) is 1.05. The zero-order chi connectivity index (χ0) is 11.2. The SMILES string of the molecule is N#CCC(Cc1ccccc1)c1ccco1. The summed E-state index contributed by atoms with van der Waals surface area (Å²) in [5.41, 5.74) is 1.24. The molecule has 0 saturated heterocycles. The molecule has 0 aliphatic carbocycles. The van der Waals surface area contributed by atoms with E-state index in [9.17, 15) is 0 Å². The van der Waals surface area contributed by atoms with E-state index in [1.54, 1.807) is 6.26 Å². The predicted molar refractivity (Wildman–Crippen MR) is 61.8 cm³/mol. The Morgan fingerprint density at radius 1 is 1.12 bits per heavy atom. The molecule has 1 aromatic carbocycles. The van der Waals surface area contributed by atoms with Gasteiger partial charge in [0.2, 0.25) is 0 Å². The minimum atomic E-state index is 0.155. The van der Waals surface area contributed by atoms with Gasteiger partial charge in [-0.25, -0.2) is 0 Å². The highest BCUT2D eigenvalue weighted by Gasteiger charge is 2.14. The van der Waals surface area contributed by atoms with Crippen molar-refractivity contribution in [1.29, 1.82) is 5.26 Å². The number of nitriles is 1. The van der Waals surface area contributed by atoms with Gasteiger partial charge in [-0.3, -0.25) is 0 Å². The van der Waals surface area contributed by atoms with E-state index in [2.05, 4.69) is 18.2 Å². The summed E-state index contributed by atoms with van der Waals surface area (Å²) < 4.78 is 5.37. The first-order chi connectivity index (χ1) is 7.90. The van der Waals surface area contributed by atoms with Crippen molar-refractivity contribution in [2.45, 2.75) is 18.8 Å². The molecule has 0 saturated carbocycles. The van der Waals surface area contributed by atoms with Crippen LogP contribution in [0.3, 0.4) is 0 Å². The fourth-order valence-corrected chi connectivity index (χ4v) is 1.81. The summed E-state index contributed by atoms with van der Waals surface area (Å²) in [6.07, 6.45) is 3.00. The summed E-state index contributed by atoms with van der Waals surface area (Å²) in [5, 5.41) is 8.82. The number of furan rings is 1. The fourth-order valence-electron chi connectivity index (χ4n) is 1.81. The highest BCUT2D eigenvalue weighted by Crippen LogP contribution is 2.24. The van der Waals surface area contributed by atoms with Crippen LogP contribution in [0.15, 0.2) is 53.1 Å². The Hall–Kier alpha value is -2.01. The summed E-state index contributed by atoms with van der Waals surface area (Å²) in [4.78, 5) is 0. The summed E-state index contributed by atoms with van der Waals surface area (Å²) in [6.45, 7) is 0. The lowest BCUT2D eigenvalue weighted by Gasteiger charge is -2.10. The van der Waals surface area contributed by atoms with E-state index < -0.39 is 0 Å². The third-order valence-electron chi connectivity index (χ3n) is 2.61. The molecule has 0 fully saturated rings. The average molecular weight is 211 g/mol. The Morgan fingerprint density at radius 2 is 1.94 bits per heavy atom. The van der Waals surface area contributed by atoms with Gasteiger partial charge >= 0.3 is 0 Å². The van der Waals surface area contributed by atoms with Crippen LogP contribution < -0.4 is 0 Å². The lowest BCUT2D eigenvalue weighted by atomic mass is 9.94. The van der Waals surface area contributed by atoms with Crippen LogP contribution in [0.5, 0.6) is 0 Å². The van der Waals surface area contributed by atoms with Crippen molar-refractivity contribution < 1.29 is 4.42 Å². The molecule has 0 aliphatic heterocycles. The normalized spacial score (nSPS) is 11.9. The second-order valence-electron chi connectivity index (χ2n) is 3.76. The van der Waals surface area contributed by atoms with Crippen molar-refractivity contribution in [1.82, 2.24) is 0 Å². The monoisotopic (exact) mass is 211 g/mol. The van der Waals surface area contributed by atoms with Gasteiger partial charge in [0.25, 0.3) is 0 Å². The standard InChI is InChI=1S/C14H13NO/c15-9-8-13(14-7-4-10-16-14)11-12-5-2-1-3-6-12/h1-7,10,13H,8,11H2. The summed E-state index contributed by atoms with van der Waals surface area (Å²) >= 11 is 0. The Morgan fingerprint density at radius 3 is 2.56 bits per heavy atom. The average Bonchev–Trinajstić information content (AvgIpc) is 2.83. The van der Waals surface area contributed by atoms with Crippen molar-refractivity contribution in [3.63, 3.8) is 0 Å². The molecule has 2 heteroatoms. The molecule has 80 valence electrons. The molecule has 2 aromatic rings. The highest BCUT2D eigenvalue weighted by molar-refractivity contribution is 5.19. The molecular formula is C14H13NO. The molecule has 0 spiro atoms. The van der Waals surface area contributed by atoms with Gasteiger partial charge in [0.05, 0.1) is 12.3 Å². The molecular weight excluding hydrogens is 198 g/mol. The van der Waals surface area contributed by atoms with Gasteiger partial charge in [-0.05, 0) is 24.1 Å².